The molecule has 0 unspecified atom stereocenters. The number of carbonyl (C=O) groups excluding carboxylic acids is 1. The van der Waals surface area contributed by atoms with Gasteiger partial charge in [-0.1, -0.05) is 0 Å². The standard InChI is InChI=1S/C16H16F2N2O3/c17-14-6-1-11(9-15(14)18)19-7-8-20-16(22)10-23-13-4-2-12(21)3-5-13/h1-6,9,19,21H,7-8,10H2,(H,20,22). The van der Waals surface area contributed by atoms with E-state index in [0.717, 1.165) is 12.1 Å². The second kappa shape index (κ2) is 7.98. The molecule has 0 spiro atoms. The first-order valence-electron chi connectivity index (χ1n) is 6.92. The average Bonchev–Trinajstić information content (AvgIpc) is 2.54. The highest BCUT2D eigenvalue weighted by atomic mass is 19.2. The summed E-state index contributed by atoms with van der Waals surface area (Å²) >= 11 is 0. The number of anilines is 1. The summed E-state index contributed by atoms with van der Waals surface area (Å²) in [7, 11) is 0. The summed E-state index contributed by atoms with van der Waals surface area (Å²) in [5, 5.41) is 14.6. The summed E-state index contributed by atoms with van der Waals surface area (Å²) in [6.45, 7) is 0.503. The molecule has 2 aromatic carbocycles. The minimum Gasteiger partial charge on any atom is -0.508 e. The number of hydrogen-bond donors (Lipinski definition) is 3. The molecular formula is C16H16F2N2O3. The lowest BCUT2D eigenvalue weighted by Crippen LogP contribution is -2.32. The van der Waals surface area contributed by atoms with Crippen molar-refractivity contribution in [3.8, 4) is 11.5 Å². The van der Waals surface area contributed by atoms with Crippen LogP contribution in [-0.4, -0.2) is 30.7 Å². The third kappa shape index (κ3) is 5.46. The molecular weight excluding hydrogens is 306 g/mol. The molecule has 5 nitrogen and oxygen atoms in total. The Morgan fingerprint density at radius 1 is 1.04 bits per heavy atom. The quantitative estimate of drug-likeness (QED) is 0.684. The van der Waals surface area contributed by atoms with Crippen LogP contribution in [0.1, 0.15) is 0 Å². The van der Waals surface area contributed by atoms with E-state index in [-0.39, 0.29) is 18.3 Å². The number of aromatic hydroxyl groups is 1. The van der Waals surface area contributed by atoms with E-state index in [2.05, 4.69) is 10.6 Å². The van der Waals surface area contributed by atoms with E-state index in [4.69, 9.17) is 9.84 Å². The van der Waals surface area contributed by atoms with E-state index in [1.165, 1.54) is 18.2 Å². The normalized spacial score (nSPS) is 10.2. The highest BCUT2D eigenvalue weighted by molar-refractivity contribution is 5.77. The van der Waals surface area contributed by atoms with Crippen molar-refractivity contribution in [2.75, 3.05) is 25.0 Å². The summed E-state index contributed by atoms with van der Waals surface area (Å²) in [4.78, 5) is 11.6. The molecule has 3 N–H and O–H groups in total. The zero-order chi connectivity index (χ0) is 16.7. The van der Waals surface area contributed by atoms with E-state index < -0.39 is 11.6 Å². The van der Waals surface area contributed by atoms with Gasteiger partial charge in [0, 0.05) is 18.8 Å². The van der Waals surface area contributed by atoms with Crippen LogP contribution in [0.25, 0.3) is 0 Å². The number of rotatable bonds is 7. The van der Waals surface area contributed by atoms with Gasteiger partial charge in [0.05, 0.1) is 0 Å². The Labute approximate surface area is 131 Å². The number of phenols is 1. The molecule has 2 rings (SSSR count). The Morgan fingerprint density at radius 3 is 2.48 bits per heavy atom. The molecule has 0 radical (unpaired) electrons. The molecule has 0 bridgehead atoms. The minimum absolute atomic E-state index is 0.116. The number of phenolic OH excluding ortho intramolecular Hbond substituents is 1. The maximum absolute atomic E-state index is 13.0. The first kappa shape index (κ1) is 16.5. The van der Waals surface area contributed by atoms with Crippen molar-refractivity contribution in [1.29, 1.82) is 0 Å². The Kier molecular flexibility index (Phi) is 5.74. The largest absolute Gasteiger partial charge is 0.508 e. The number of amides is 1. The molecule has 2 aromatic rings. The van der Waals surface area contributed by atoms with Gasteiger partial charge in [-0.25, -0.2) is 8.78 Å². The van der Waals surface area contributed by atoms with Crippen LogP contribution in [0.3, 0.4) is 0 Å². The number of carbonyl (C=O) groups is 1. The molecule has 0 aliphatic carbocycles. The van der Waals surface area contributed by atoms with Crippen molar-refractivity contribution in [2.24, 2.45) is 0 Å². The maximum atomic E-state index is 13.0. The van der Waals surface area contributed by atoms with Gasteiger partial charge in [0.1, 0.15) is 11.5 Å². The highest BCUT2D eigenvalue weighted by Gasteiger charge is 2.04. The topological polar surface area (TPSA) is 70.6 Å². The smallest absolute Gasteiger partial charge is 0.258 e. The Hall–Kier alpha value is -2.83. The summed E-state index contributed by atoms with van der Waals surface area (Å²) < 4.78 is 31.0. The van der Waals surface area contributed by atoms with Crippen molar-refractivity contribution >= 4 is 11.6 Å². The van der Waals surface area contributed by atoms with Gasteiger partial charge in [-0.2, -0.15) is 0 Å². The molecule has 0 saturated heterocycles. The van der Waals surface area contributed by atoms with Crippen molar-refractivity contribution in [1.82, 2.24) is 5.32 Å². The lowest BCUT2D eigenvalue weighted by atomic mass is 10.3. The molecule has 0 saturated carbocycles. The molecule has 0 aliphatic rings. The molecule has 1 amide bonds. The van der Waals surface area contributed by atoms with E-state index in [1.807, 2.05) is 0 Å². The number of hydrogen-bond acceptors (Lipinski definition) is 4. The number of halogens is 2. The summed E-state index contributed by atoms with van der Waals surface area (Å²) in [5.41, 5.74) is 0.429. The van der Waals surface area contributed by atoms with Gasteiger partial charge in [-0.05, 0) is 42.5 Å². The van der Waals surface area contributed by atoms with Gasteiger partial charge in [-0.3, -0.25) is 4.79 Å². The van der Waals surface area contributed by atoms with Crippen LogP contribution in [0, 0.1) is 11.6 Å². The third-order valence-corrected chi connectivity index (χ3v) is 2.90. The second-order valence-electron chi connectivity index (χ2n) is 4.69. The predicted molar refractivity (Wildman–Crippen MR) is 81.5 cm³/mol. The first-order chi connectivity index (χ1) is 11.0. The van der Waals surface area contributed by atoms with E-state index in [9.17, 15) is 13.6 Å². The fourth-order valence-corrected chi connectivity index (χ4v) is 1.76. The minimum atomic E-state index is -0.929. The lowest BCUT2D eigenvalue weighted by Gasteiger charge is -2.09. The van der Waals surface area contributed by atoms with Gasteiger partial charge in [-0.15, -0.1) is 0 Å². The van der Waals surface area contributed by atoms with E-state index >= 15 is 0 Å². The zero-order valence-corrected chi connectivity index (χ0v) is 12.2. The molecule has 23 heavy (non-hydrogen) atoms. The zero-order valence-electron chi connectivity index (χ0n) is 12.2. The summed E-state index contributed by atoms with van der Waals surface area (Å²) in [5.74, 6) is -1.57. The molecule has 0 aromatic heterocycles. The van der Waals surface area contributed by atoms with Crippen LogP contribution in [0.5, 0.6) is 11.5 Å². The van der Waals surface area contributed by atoms with E-state index in [0.29, 0.717) is 24.5 Å². The van der Waals surface area contributed by atoms with Gasteiger partial charge in [0.25, 0.3) is 5.91 Å². The van der Waals surface area contributed by atoms with Crippen molar-refractivity contribution in [3.63, 3.8) is 0 Å². The van der Waals surface area contributed by atoms with Gasteiger partial charge in [0.15, 0.2) is 18.2 Å². The fourth-order valence-electron chi connectivity index (χ4n) is 1.76. The van der Waals surface area contributed by atoms with Crippen molar-refractivity contribution < 1.29 is 23.4 Å². The lowest BCUT2D eigenvalue weighted by molar-refractivity contribution is -0.123. The van der Waals surface area contributed by atoms with Gasteiger partial charge >= 0.3 is 0 Å². The SMILES string of the molecule is O=C(COc1ccc(O)cc1)NCCNc1ccc(F)c(F)c1. The van der Waals surface area contributed by atoms with Gasteiger partial charge in [0.2, 0.25) is 0 Å². The van der Waals surface area contributed by atoms with Crippen molar-refractivity contribution in [3.05, 3.63) is 54.1 Å². The number of benzene rings is 2. The van der Waals surface area contributed by atoms with Crippen LogP contribution >= 0.6 is 0 Å². The van der Waals surface area contributed by atoms with Crippen LogP contribution < -0.4 is 15.4 Å². The molecule has 0 aliphatic heterocycles. The van der Waals surface area contributed by atoms with Crippen LogP contribution in [0.2, 0.25) is 0 Å². The first-order valence-corrected chi connectivity index (χ1v) is 6.92. The van der Waals surface area contributed by atoms with Crippen LogP contribution in [0.4, 0.5) is 14.5 Å². The number of ether oxygens (including phenoxy) is 1. The summed E-state index contributed by atoms with van der Waals surface area (Å²) in [6.07, 6.45) is 0. The maximum Gasteiger partial charge on any atom is 0.258 e. The molecule has 0 atom stereocenters. The summed E-state index contributed by atoms with van der Waals surface area (Å²) in [6, 6.07) is 9.50. The fraction of sp³-hybridized carbons (Fsp3) is 0.188. The van der Waals surface area contributed by atoms with Crippen LogP contribution in [-0.2, 0) is 4.79 Å². The van der Waals surface area contributed by atoms with E-state index in [1.54, 1.807) is 12.1 Å². The number of nitrogens with one attached hydrogen (secondary N) is 2. The molecule has 122 valence electrons. The Balaban J connectivity index is 1.64. The average molecular weight is 322 g/mol. The second-order valence-corrected chi connectivity index (χ2v) is 4.69. The molecule has 0 heterocycles. The predicted octanol–water partition coefficient (Wildman–Crippen LogP) is 2.28. The third-order valence-electron chi connectivity index (χ3n) is 2.90. The molecule has 7 heteroatoms. The molecule has 0 fully saturated rings. The Bertz CT molecular complexity index is 663. The van der Waals surface area contributed by atoms with Crippen molar-refractivity contribution in [2.45, 2.75) is 0 Å². The van der Waals surface area contributed by atoms with Gasteiger partial charge < -0.3 is 20.5 Å². The Morgan fingerprint density at radius 2 is 1.78 bits per heavy atom. The van der Waals surface area contributed by atoms with Crippen LogP contribution in [0.15, 0.2) is 42.5 Å². The highest BCUT2D eigenvalue weighted by Crippen LogP contribution is 2.15. The monoisotopic (exact) mass is 322 g/mol.